The standard InChI is InChI=1S/C12H19N3O/c1-4-12(2,16-3)11-14-9-7-5-6-8(9)10(13)15-11/h4-7H2,1-3H3,(H2,13,14,15). The van der Waals surface area contributed by atoms with Gasteiger partial charge in [-0.1, -0.05) is 6.92 Å². The summed E-state index contributed by atoms with van der Waals surface area (Å²) in [6.45, 7) is 4.07. The Kier molecular flexibility index (Phi) is 2.84. The average Bonchev–Trinajstić information content (AvgIpc) is 2.76. The lowest BCUT2D eigenvalue weighted by molar-refractivity contribution is -0.00901. The molecule has 0 amide bonds. The molecule has 0 aliphatic heterocycles. The zero-order valence-electron chi connectivity index (χ0n) is 10.2. The number of hydrogen-bond acceptors (Lipinski definition) is 4. The number of nitrogen functional groups attached to an aromatic ring is 1. The van der Waals surface area contributed by atoms with Gasteiger partial charge in [0.25, 0.3) is 0 Å². The van der Waals surface area contributed by atoms with E-state index in [4.69, 9.17) is 10.5 Å². The summed E-state index contributed by atoms with van der Waals surface area (Å²) in [5.41, 5.74) is 7.79. The molecule has 1 aliphatic rings. The summed E-state index contributed by atoms with van der Waals surface area (Å²) in [7, 11) is 1.69. The van der Waals surface area contributed by atoms with Crippen LogP contribution in [0, 0.1) is 0 Å². The molecule has 16 heavy (non-hydrogen) atoms. The van der Waals surface area contributed by atoms with E-state index in [1.807, 2.05) is 6.92 Å². The molecule has 0 saturated heterocycles. The first-order chi connectivity index (χ1) is 7.60. The van der Waals surface area contributed by atoms with Gasteiger partial charge in [-0.2, -0.15) is 0 Å². The van der Waals surface area contributed by atoms with Gasteiger partial charge in [0.15, 0.2) is 5.82 Å². The molecule has 4 heteroatoms. The fourth-order valence-corrected chi connectivity index (χ4v) is 2.09. The second kappa shape index (κ2) is 4.01. The van der Waals surface area contributed by atoms with E-state index in [1.165, 1.54) is 0 Å². The van der Waals surface area contributed by atoms with E-state index >= 15 is 0 Å². The molecule has 0 fully saturated rings. The number of methoxy groups -OCH3 is 1. The van der Waals surface area contributed by atoms with Crippen molar-refractivity contribution < 1.29 is 4.74 Å². The minimum atomic E-state index is -0.425. The molecule has 0 saturated carbocycles. The molecule has 0 bridgehead atoms. The van der Waals surface area contributed by atoms with E-state index in [0.29, 0.717) is 5.82 Å². The summed E-state index contributed by atoms with van der Waals surface area (Å²) < 4.78 is 5.51. The molecule has 4 nitrogen and oxygen atoms in total. The van der Waals surface area contributed by atoms with Crippen molar-refractivity contribution in [1.82, 2.24) is 9.97 Å². The molecule has 88 valence electrons. The molecule has 2 rings (SSSR count). The van der Waals surface area contributed by atoms with Gasteiger partial charge in [-0.25, -0.2) is 9.97 Å². The van der Waals surface area contributed by atoms with E-state index in [0.717, 1.165) is 42.8 Å². The van der Waals surface area contributed by atoms with Gasteiger partial charge in [0.05, 0.1) is 0 Å². The van der Waals surface area contributed by atoms with Gasteiger partial charge in [0, 0.05) is 18.4 Å². The smallest absolute Gasteiger partial charge is 0.162 e. The summed E-state index contributed by atoms with van der Waals surface area (Å²) in [5.74, 6) is 1.35. The maximum absolute atomic E-state index is 5.97. The minimum Gasteiger partial charge on any atom is -0.383 e. The normalized spacial score (nSPS) is 18.2. The van der Waals surface area contributed by atoms with Gasteiger partial charge in [-0.15, -0.1) is 0 Å². The maximum Gasteiger partial charge on any atom is 0.162 e. The Morgan fingerprint density at radius 3 is 2.75 bits per heavy atom. The van der Waals surface area contributed by atoms with Gasteiger partial charge in [0.2, 0.25) is 0 Å². The van der Waals surface area contributed by atoms with Gasteiger partial charge in [-0.05, 0) is 32.6 Å². The van der Waals surface area contributed by atoms with Crippen molar-refractivity contribution in [3.63, 3.8) is 0 Å². The first-order valence-corrected chi connectivity index (χ1v) is 5.81. The second-order valence-electron chi connectivity index (χ2n) is 4.50. The van der Waals surface area contributed by atoms with Crippen LogP contribution in [0.2, 0.25) is 0 Å². The number of aromatic nitrogens is 2. The van der Waals surface area contributed by atoms with Crippen molar-refractivity contribution in [3.05, 3.63) is 17.1 Å². The Hall–Kier alpha value is -1.16. The Bertz CT molecular complexity index is 399. The first kappa shape index (κ1) is 11.3. The average molecular weight is 221 g/mol. The van der Waals surface area contributed by atoms with E-state index in [-0.39, 0.29) is 0 Å². The number of hydrogen-bond donors (Lipinski definition) is 1. The van der Waals surface area contributed by atoms with E-state index in [1.54, 1.807) is 7.11 Å². The van der Waals surface area contributed by atoms with Crippen LogP contribution in [-0.4, -0.2) is 17.1 Å². The Labute approximate surface area is 96.2 Å². The van der Waals surface area contributed by atoms with Gasteiger partial charge < -0.3 is 10.5 Å². The fourth-order valence-electron chi connectivity index (χ4n) is 2.09. The SMILES string of the molecule is CCC(C)(OC)c1nc(N)c2c(n1)CCC2. The fraction of sp³-hybridized carbons (Fsp3) is 0.667. The third-order valence-corrected chi connectivity index (χ3v) is 3.56. The van der Waals surface area contributed by atoms with Crippen LogP contribution in [0.5, 0.6) is 0 Å². The number of ether oxygens (including phenoxy) is 1. The lowest BCUT2D eigenvalue weighted by Gasteiger charge is -2.25. The highest BCUT2D eigenvalue weighted by Gasteiger charge is 2.30. The van der Waals surface area contributed by atoms with Crippen molar-refractivity contribution >= 4 is 5.82 Å². The Morgan fingerprint density at radius 2 is 2.12 bits per heavy atom. The second-order valence-corrected chi connectivity index (χ2v) is 4.50. The minimum absolute atomic E-state index is 0.425. The highest BCUT2D eigenvalue weighted by molar-refractivity contribution is 5.45. The molecular formula is C12H19N3O. The molecule has 1 heterocycles. The van der Waals surface area contributed by atoms with Crippen LogP contribution >= 0.6 is 0 Å². The van der Waals surface area contributed by atoms with Gasteiger partial charge >= 0.3 is 0 Å². The van der Waals surface area contributed by atoms with Gasteiger partial charge in [-0.3, -0.25) is 0 Å². The van der Waals surface area contributed by atoms with Crippen LogP contribution in [-0.2, 0) is 23.2 Å². The molecule has 1 atom stereocenters. The predicted octanol–water partition coefficient (Wildman–Crippen LogP) is 1.82. The zero-order chi connectivity index (χ0) is 11.8. The quantitative estimate of drug-likeness (QED) is 0.845. The molecule has 0 aromatic carbocycles. The summed E-state index contributed by atoms with van der Waals surface area (Å²) in [6.07, 6.45) is 3.99. The van der Waals surface area contributed by atoms with Crippen LogP contribution in [0.3, 0.4) is 0 Å². The van der Waals surface area contributed by atoms with Crippen molar-refractivity contribution in [2.75, 3.05) is 12.8 Å². The Morgan fingerprint density at radius 1 is 1.38 bits per heavy atom. The molecule has 0 radical (unpaired) electrons. The molecular weight excluding hydrogens is 202 g/mol. The number of fused-ring (bicyclic) bond motifs is 1. The van der Waals surface area contributed by atoms with Crippen molar-refractivity contribution in [2.24, 2.45) is 0 Å². The third-order valence-electron chi connectivity index (χ3n) is 3.56. The van der Waals surface area contributed by atoms with Crippen LogP contribution in [0.25, 0.3) is 0 Å². The largest absolute Gasteiger partial charge is 0.383 e. The first-order valence-electron chi connectivity index (χ1n) is 5.81. The molecule has 0 spiro atoms. The van der Waals surface area contributed by atoms with Crippen LogP contribution in [0.15, 0.2) is 0 Å². The third kappa shape index (κ3) is 1.67. The van der Waals surface area contributed by atoms with E-state index in [9.17, 15) is 0 Å². The maximum atomic E-state index is 5.97. The van der Waals surface area contributed by atoms with E-state index in [2.05, 4.69) is 16.9 Å². The van der Waals surface area contributed by atoms with Crippen LogP contribution < -0.4 is 5.73 Å². The van der Waals surface area contributed by atoms with Crippen LogP contribution in [0.4, 0.5) is 5.82 Å². The predicted molar refractivity (Wildman–Crippen MR) is 63.1 cm³/mol. The summed E-state index contributed by atoms with van der Waals surface area (Å²) >= 11 is 0. The summed E-state index contributed by atoms with van der Waals surface area (Å²) in [5, 5.41) is 0. The molecule has 1 aliphatic carbocycles. The van der Waals surface area contributed by atoms with Crippen molar-refractivity contribution in [3.8, 4) is 0 Å². The number of aryl methyl sites for hydroxylation is 1. The summed E-state index contributed by atoms with van der Waals surface area (Å²) in [4.78, 5) is 9.01. The highest BCUT2D eigenvalue weighted by atomic mass is 16.5. The topological polar surface area (TPSA) is 61.0 Å². The summed E-state index contributed by atoms with van der Waals surface area (Å²) in [6, 6.07) is 0. The molecule has 1 aromatic heterocycles. The molecule has 1 unspecified atom stereocenters. The number of nitrogens with zero attached hydrogens (tertiary/aromatic N) is 2. The lowest BCUT2D eigenvalue weighted by Crippen LogP contribution is -2.27. The molecule has 2 N–H and O–H groups in total. The van der Waals surface area contributed by atoms with Crippen molar-refractivity contribution in [1.29, 1.82) is 0 Å². The number of nitrogens with two attached hydrogens (primary N) is 1. The zero-order valence-corrected chi connectivity index (χ0v) is 10.2. The van der Waals surface area contributed by atoms with Gasteiger partial charge in [0.1, 0.15) is 11.4 Å². The highest BCUT2D eigenvalue weighted by Crippen LogP contribution is 2.30. The lowest BCUT2D eigenvalue weighted by atomic mass is 10.0. The van der Waals surface area contributed by atoms with E-state index < -0.39 is 5.60 Å². The number of anilines is 1. The molecule has 1 aromatic rings. The van der Waals surface area contributed by atoms with Crippen molar-refractivity contribution in [2.45, 2.75) is 45.1 Å². The van der Waals surface area contributed by atoms with Crippen LogP contribution in [0.1, 0.15) is 43.8 Å². The Balaban J connectivity index is 2.47. The number of rotatable bonds is 3. The monoisotopic (exact) mass is 221 g/mol.